The lowest BCUT2D eigenvalue weighted by Gasteiger charge is -2.21. The molecule has 1 aromatic heterocycles. The fourth-order valence-corrected chi connectivity index (χ4v) is 1.44. The second kappa shape index (κ2) is 5.97. The molecule has 16 heavy (non-hydrogen) atoms. The highest BCUT2D eigenvalue weighted by Crippen LogP contribution is 2.21. The summed E-state index contributed by atoms with van der Waals surface area (Å²) in [6.07, 6.45) is 1.60. The first-order valence-corrected chi connectivity index (χ1v) is 5.74. The number of nitrogens with zero attached hydrogens (tertiary/aromatic N) is 2. The number of hydrazine groups is 1. The first-order chi connectivity index (χ1) is 7.58. The van der Waals surface area contributed by atoms with Crippen molar-refractivity contribution in [3.05, 3.63) is 10.7 Å². The lowest BCUT2D eigenvalue weighted by atomic mass is 10.1. The molecule has 6 nitrogen and oxygen atoms in total. The molecule has 0 aliphatic rings. The van der Waals surface area contributed by atoms with Crippen LogP contribution in [0.4, 0.5) is 11.8 Å². The smallest absolute Gasteiger partial charge is 0.239 e. The zero-order chi connectivity index (χ0) is 12.1. The molecule has 0 fully saturated rings. The van der Waals surface area contributed by atoms with Crippen LogP contribution in [-0.2, 0) is 0 Å². The van der Waals surface area contributed by atoms with E-state index in [9.17, 15) is 5.11 Å². The standard InChI is InChI=1S/C9H16BrN5O/c1-5(2)7(4-16)13-8-6(10)3-12-9(14-8)15-11/h3,5,7,16H,4,11H2,1-2H3,(H2,12,13,14,15)/t7-/m1/s1. The van der Waals surface area contributed by atoms with Crippen LogP contribution in [0.3, 0.4) is 0 Å². The summed E-state index contributed by atoms with van der Waals surface area (Å²) in [5, 5.41) is 12.3. The van der Waals surface area contributed by atoms with Gasteiger partial charge in [0, 0.05) is 6.20 Å². The van der Waals surface area contributed by atoms with Crippen LogP contribution in [0.5, 0.6) is 0 Å². The number of aromatic nitrogens is 2. The molecule has 1 heterocycles. The molecule has 0 unspecified atom stereocenters. The van der Waals surface area contributed by atoms with Crippen molar-refractivity contribution in [2.24, 2.45) is 11.8 Å². The average Bonchev–Trinajstić information content (AvgIpc) is 2.27. The normalized spacial score (nSPS) is 12.6. The third-order valence-corrected chi connectivity index (χ3v) is 2.78. The van der Waals surface area contributed by atoms with Crippen molar-refractivity contribution >= 4 is 27.7 Å². The van der Waals surface area contributed by atoms with E-state index in [0.29, 0.717) is 17.7 Å². The van der Waals surface area contributed by atoms with Gasteiger partial charge in [0.25, 0.3) is 0 Å². The van der Waals surface area contributed by atoms with Gasteiger partial charge in [-0.25, -0.2) is 10.8 Å². The fourth-order valence-electron chi connectivity index (χ4n) is 1.14. The Hall–Kier alpha value is -0.920. The zero-order valence-corrected chi connectivity index (χ0v) is 10.8. The van der Waals surface area contributed by atoms with Crippen molar-refractivity contribution in [1.82, 2.24) is 9.97 Å². The molecule has 90 valence electrons. The first-order valence-electron chi connectivity index (χ1n) is 4.95. The first kappa shape index (κ1) is 13.1. The summed E-state index contributed by atoms with van der Waals surface area (Å²) in [6, 6.07) is -0.0585. The Kier molecular flexibility index (Phi) is 4.91. The lowest BCUT2D eigenvalue weighted by molar-refractivity contribution is 0.249. The molecule has 1 aromatic rings. The minimum Gasteiger partial charge on any atom is -0.394 e. The fraction of sp³-hybridized carbons (Fsp3) is 0.556. The lowest BCUT2D eigenvalue weighted by Crippen LogP contribution is -2.30. The second-order valence-electron chi connectivity index (χ2n) is 3.71. The highest BCUT2D eigenvalue weighted by Gasteiger charge is 2.14. The van der Waals surface area contributed by atoms with Gasteiger partial charge in [0.1, 0.15) is 5.82 Å². The molecule has 7 heteroatoms. The van der Waals surface area contributed by atoms with Gasteiger partial charge in [0.2, 0.25) is 5.95 Å². The van der Waals surface area contributed by atoms with E-state index in [2.05, 4.69) is 36.6 Å². The Morgan fingerprint density at radius 1 is 1.56 bits per heavy atom. The highest BCUT2D eigenvalue weighted by atomic mass is 79.9. The van der Waals surface area contributed by atoms with Crippen LogP contribution in [0.15, 0.2) is 10.7 Å². The van der Waals surface area contributed by atoms with Gasteiger partial charge in [-0.15, -0.1) is 0 Å². The third kappa shape index (κ3) is 3.29. The third-order valence-electron chi connectivity index (χ3n) is 2.20. The largest absolute Gasteiger partial charge is 0.394 e. The quantitative estimate of drug-likeness (QED) is 0.476. The van der Waals surface area contributed by atoms with E-state index in [0.717, 1.165) is 4.47 Å². The Labute approximate surface area is 103 Å². The number of aliphatic hydroxyl groups is 1. The van der Waals surface area contributed by atoms with Crippen LogP contribution in [-0.4, -0.2) is 27.7 Å². The molecule has 0 radical (unpaired) electrons. The van der Waals surface area contributed by atoms with Crippen LogP contribution in [0.2, 0.25) is 0 Å². The summed E-state index contributed by atoms with van der Waals surface area (Å²) >= 11 is 3.33. The predicted octanol–water partition coefficient (Wildman–Crippen LogP) is 0.954. The Morgan fingerprint density at radius 3 is 2.75 bits per heavy atom. The molecule has 0 spiro atoms. The van der Waals surface area contributed by atoms with E-state index in [4.69, 9.17) is 5.84 Å². The summed E-state index contributed by atoms with van der Waals surface area (Å²) in [5.74, 6) is 6.45. The topological polar surface area (TPSA) is 96.1 Å². The van der Waals surface area contributed by atoms with Gasteiger partial charge >= 0.3 is 0 Å². The molecular weight excluding hydrogens is 274 g/mol. The molecule has 1 atom stereocenters. The van der Waals surface area contributed by atoms with E-state index in [1.807, 2.05) is 13.8 Å². The van der Waals surface area contributed by atoms with E-state index in [1.165, 1.54) is 0 Å². The van der Waals surface area contributed by atoms with Gasteiger partial charge in [-0.3, -0.25) is 5.43 Å². The number of hydrogen-bond acceptors (Lipinski definition) is 6. The Bertz CT molecular complexity index is 347. The molecule has 0 aromatic carbocycles. The molecule has 0 aliphatic heterocycles. The molecule has 5 N–H and O–H groups in total. The number of nitrogens with one attached hydrogen (secondary N) is 2. The highest BCUT2D eigenvalue weighted by molar-refractivity contribution is 9.10. The number of nitrogen functional groups attached to an aromatic ring is 1. The summed E-state index contributed by atoms with van der Waals surface area (Å²) in [7, 11) is 0. The maximum Gasteiger partial charge on any atom is 0.239 e. The summed E-state index contributed by atoms with van der Waals surface area (Å²) in [6.45, 7) is 4.08. The SMILES string of the molecule is CC(C)[C@@H](CO)Nc1nc(NN)ncc1Br. The van der Waals surface area contributed by atoms with Crippen molar-refractivity contribution in [3.8, 4) is 0 Å². The van der Waals surface area contributed by atoms with Crippen LogP contribution >= 0.6 is 15.9 Å². The van der Waals surface area contributed by atoms with Crippen molar-refractivity contribution in [3.63, 3.8) is 0 Å². The maximum atomic E-state index is 9.21. The monoisotopic (exact) mass is 289 g/mol. The van der Waals surface area contributed by atoms with Gasteiger partial charge in [-0.2, -0.15) is 4.98 Å². The molecule has 0 saturated carbocycles. The van der Waals surface area contributed by atoms with E-state index < -0.39 is 0 Å². The number of nitrogens with two attached hydrogens (primary N) is 1. The minimum atomic E-state index is -0.0585. The van der Waals surface area contributed by atoms with Crippen molar-refractivity contribution < 1.29 is 5.11 Å². The van der Waals surface area contributed by atoms with Crippen molar-refractivity contribution in [1.29, 1.82) is 0 Å². The van der Waals surface area contributed by atoms with Gasteiger partial charge < -0.3 is 10.4 Å². The summed E-state index contributed by atoms with van der Waals surface area (Å²) < 4.78 is 0.727. The van der Waals surface area contributed by atoms with Gasteiger partial charge in [-0.1, -0.05) is 13.8 Å². The molecule has 1 rings (SSSR count). The van der Waals surface area contributed by atoms with Crippen LogP contribution < -0.4 is 16.6 Å². The van der Waals surface area contributed by atoms with Gasteiger partial charge in [0.15, 0.2) is 0 Å². The van der Waals surface area contributed by atoms with Gasteiger partial charge in [-0.05, 0) is 21.8 Å². The van der Waals surface area contributed by atoms with Crippen LogP contribution in [0.25, 0.3) is 0 Å². The zero-order valence-electron chi connectivity index (χ0n) is 9.24. The average molecular weight is 290 g/mol. The number of anilines is 2. The number of halogens is 1. The second-order valence-corrected chi connectivity index (χ2v) is 4.57. The number of aliphatic hydroxyl groups excluding tert-OH is 1. The van der Waals surface area contributed by atoms with E-state index >= 15 is 0 Å². The molecule has 0 bridgehead atoms. The van der Waals surface area contributed by atoms with Crippen LogP contribution in [0.1, 0.15) is 13.8 Å². The van der Waals surface area contributed by atoms with Gasteiger partial charge in [0.05, 0.1) is 17.1 Å². The summed E-state index contributed by atoms with van der Waals surface area (Å²) in [5.41, 5.74) is 2.37. The Morgan fingerprint density at radius 2 is 2.25 bits per heavy atom. The molecular formula is C9H16BrN5O. The molecule has 0 amide bonds. The van der Waals surface area contributed by atoms with E-state index in [-0.39, 0.29) is 12.6 Å². The summed E-state index contributed by atoms with van der Waals surface area (Å²) in [4.78, 5) is 8.08. The predicted molar refractivity (Wildman–Crippen MR) is 66.9 cm³/mol. The Balaban J connectivity index is 2.86. The number of hydrogen-bond donors (Lipinski definition) is 4. The molecule has 0 aliphatic carbocycles. The number of rotatable bonds is 5. The van der Waals surface area contributed by atoms with Crippen molar-refractivity contribution in [2.45, 2.75) is 19.9 Å². The van der Waals surface area contributed by atoms with Crippen LogP contribution in [0, 0.1) is 5.92 Å². The van der Waals surface area contributed by atoms with E-state index in [1.54, 1.807) is 6.20 Å². The minimum absolute atomic E-state index is 0.0412. The molecule has 0 saturated heterocycles. The van der Waals surface area contributed by atoms with Crippen molar-refractivity contribution in [2.75, 3.05) is 17.3 Å². The maximum absolute atomic E-state index is 9.21.